The lowest BCUT2D eigenvalue weighted by Gasteiger charge is -2.13. The molecule has 1 aliphatic rings. The van der Waals surface area contributed by atoms with Crippen LogP contribution >= 0.6 is 11.8 Å². The molecule has 0 aromatic carbocycles. The van der Waals surface area contributed by atoms with Gasteiger partial charge < -0.3 is 14.8 Å². The molecule has 0 aromatic heterocycles. The highest BCUT2D eigenvalue weighted by atomic mass is 32.2. The Balaban J connectivity index is 2.07. The monoisotopic (exact) mass is 246 g/mol. The third-order valence-corrected chi connectivity index (χ3v) is 3.48. The fourth-order valence-corrected chi connectivity index (χ4v) is 2.54. The van der Waals surface area contributed by atoms with E-state index in [0.29, 0.717) is 31.8 Å². The van der Waals surface area contributed by atoms with Crippen molar-refractivity contribution in [3.63, 3.8) is 0 Å². The highest BCUT2D eigenvalue weighted by molar-refractivity contribution is 8.14. The van der Waals surface area contributed by atoms with Crippen LogP contribution in [0.3, 0.4) is 0 Å². The number of ether oxygens (including phenoxy) is 2. The van der Waals surface area contributed by atoms with Crippen LogP contribution in [0.1, 0.15) is 13.8 Å². The molecule has 1 N–H and O–H groups in total. The van der Waals surface area contributed by atoms with Crippen LogP contribution in [-0.2, 0) is 9.47 Å². The Labute approximate surface area is 102 Å². The standard InChI is InChI=1S/C11H22N2O2S/c1-9(2)10-8-16-11(13-10)12-4-5-15-7-6-14-3/h9-10H,4-8H2,1-3H3,(H,12,13). The number of methoxy groups -OCH3 is 1. The fraction of sp³-hybridized carbons (Fsp3) is 0.909. The molecule has 0 aromatic rings. The first kappa shape index (κ1) is 13.8. The van der Waals surface area contributed by atoms with Crippen LogP contribution in [0, 0.1) is 5.92 Å². The quantitative estimate of drug-likeness (QED) is 0.689. The highest BCUT2D eigenvalue weighted by Crippen LogP contribution is 2.18. The van der Waals surface area contributed by atoms with Crippen LogP contribution < -0.4 is 5.32 Å². The van der Waals surface area contributed by atoms with Gasteiger partial charge in [0.05, 0.1) is 26.4 Å². The fourth-order valence-electron chi connectivity index (χ4n) is 1.32. The summed E-state index contributed by atoms with van der Waals surface area (Å²) in [4.78, 5) is 4.46. The molecule has 5 heteroatoms. The Bertz CT molecular complexity index is 222. The van der Waals surface area contributed by atoms with Crippen LogP contribution in [0.25, 0.3) is 0 Å². The van der Waals surface area contributed by atoms with E-state index in [9.17, 15) is 0 Å². The smallest absolute Gasteiger partial charge is 0.156 e. The van der Waals surface area contributed by atoms with Crippen molar-refractivity contribution in [1.29, 1.82) is 0 Å². The maximum absolute atomic E-state index is 5.34. The Morgan fingerprint density at radius 2 is 2.25 bits per heavy atom. The normalized spacial score (nSPS) is 23.0. The summed E-state index contributed by atoms with van der Waals surface area (Å²) < 4.78 is 10.2. The second kappa shape index (κ2) is 7.92. The number of hydrogen-bond acceptors (Lipinski definition) is 4. The summed E-state index contributed by atoms with van der Waals surface area (Å²) in [6, 6.07) is 0.568. The van der Waals surface area contributed by atoms with Crippen molar-refractivity contribution in [1.82, 2.24) is 5.32 Å². The van der Waals surface area contributed by atoms with E-state index in [1.807, 2.05) is 0 Å². The van der Waals surface area contributed by atoms with Crippen LogP contribution in [0.5, 0.6) is 0 Å². The molecule has 0 spiro atoms. The Morgan fingerprint density at radius 1 is 1.44 bits per heavy atom. The molecule has 16 heavy (non-hydrogen) atoms. The van der Waals surface area contributed by atoms with E-state index in [0.717, 1.165) is 17.5 Å². The minimum Gasteiger partial charge on any atom is -0.382 e. The Morgan fingerprint density at radius 3 is 2.88 bits per heavy atom. The molecular weight excluding hydrogens is 224 g/mol. The molecule has 1 atom stereocenters. The minimum atomic E-state index is 0.568. The number of nitrogens with zero attached hydrogens (tertiary/aromatic N) is 1. The molecule has 0 amide bonds. The predicted octanol–water partition coefficient (Wildman–Crippen LogP) is 1.37. The average molecular weight is 246 g/mol. The first-order valence-corrected chi connectivity index (χ1v) is 6.73. The molecule has 1 fully saturated rings. The van der Waals surface area contributed by atoms with Gasteiger partial charge in [0.2, 0.25) is 0 Å². The summed E-state index contributed by atoms with van der Waals surface area (Å²) in [5.74, 6) is 1.79. The first-order valence-electron chi connectivity index (χ1n) is 5.74. The minimum absolute atomic E-state index is 0.568. The topological polar surface area (TPSA) is 42.9 Å². The van der Waals surface area contributed by atoms with Crippen molar-refractivity contribution < 1.29 is 9.47 Å². The van der Waals surface area contributed by atoms with Crippen LogP contribution in [0.4, 0.5) is 0 Å². The predicted molar refractivity (Wildman–Crippen MR) is 69.2 cm³/mol. The number of nitrogens with one attached hydrogen (secondary N) is 1. The molecule has 1 unspecified atom stereocenters. The molecule has 1 rings (SSSR count). The molecule has 0 bridgehead atoms. The number of rotatable bonds is 7. The lowest BCUT2D eigenvalue weighted by atomic mass is 10.1. The number of amidine groups is 1. The van der Waals surface area contributed by atoms with Gasteiger partial charge >= 0.3 is 0 Å². The van der Waals surface area contributed by atoms with Gasteiger partial charge in [-0.2, -0.15) is 0 Å². The van der Waals surface area contributed by atoms with Crippen molar-refractivity contribution in [2.75, 3.05) is 39.2 Å². The van der Waals surface area contributed by atoms with Gasteiger partial charge in [-0.3, -0.25) is 4.99 Å². The Hall–Kier alpha value is -0.260. The lowest BCUT2D eigenvalue weighted by molar-refractivity contribution is 0.0748. The van der Waals surface area contributed by atoms with E-state index in [2.05, 4.69) is 24.2 Å². The van der Waals surface area contributed by atoms with Crippen molar-refractivity contribution >= 4 is 16.9 Å². The zero-order chi connectivity index (χ0) is 11.8. The van der Waals surface area contributed by atoms with Crippen molar-refractivity contribution in [2.24, 2.45) is 10.9 Å². The van der Waals surface area contributed by atoms with Crippen molar-refractivity contribution in [3.05, 3.63) is 0 Å². The summed E-state index contributed by atoms with van der Waals surface area (Å²) in [6.45, 7) is 7.16. The van der Waals surface area contributed by atoms with Gasteiger partial charge in [0.1, 0.15) is 0 Å². The molecule has 0 aliphatic carbocycles. The highest BCUT2D eigenvalue weighted by Gasteiger charge is 2.22. The molecular formula is C11H22N2O2S. The van der Waals surface area contributed by atoms with Crippen LogP contribution in [-0.4, -0.2) is 50.4 Å². The van der Waals surface area contributed by atoms with E-state index >= 15 is 0 Å². The van der Waals surface area contributed by atoms with Crippen LogP contribution in [0.2, 0.25) is 0 Å². The summed E-state index contributed by atoms with van der Waals surface area (Å²) in [5, 5.41) is 4.49. The number of hydrogen-bond donors (Lipinski definition) is 1. The summed E-state index contributed by atoms with van der Waals surface area (Å²) in [6.07, 6.45) is 0. The van der Waals surface area contributed by atoms with Gasteiger partial charge in [0.25, 0.3) is 0 Å². The zero-order valence-electron chi connectivity index (χ0n) is 10.4. The maximum Gasteiger partial charge on any atom is 0.156 e. The van der Waals surface area contributed by atoms with E-state index in [1.54, 1.807) is 18.9 Å². The third kappa shape index (κ3) is 5.18. The van der Waals surface area contributed by atoms with Crippen LogP contribution in [0.15, 0.2) is 4.99 Å². The van der Waals surface area contributed by atoms with Gasteiger partial charge in [0.15, 0.2) is 5.17 Å². The molecule has 4 nitrogen and oxygen atoms in total. The lowest BCUT2D eigenvalue weighted by Crippen LogP contribution is -2.31. The molecule has 1 heterocycles. The van der Waals surface area contributed by atoms with E-state index in [-0.39, 0.29) is 0 Å². The number of aliphatic imine (C=N–C) groups is 1. The zero-order valence-corrected chi connectivity index (χ0v) is 11.2. The van der Waals surface area contributed by atoms with Gasteiger partial charge in [-0.1, -0.05) is 25.6 Å². The van der Waals surface area contributed by atoms with Crippen molar-refractivity contribution in [2.45, 2.75) is 19.9 Å². The summed E-state index contributed by atoms with van der Waals surface area (Å²) in [5.41, 5.74) is 0. The van der Waals surface area contributed by atoms with E-state index < -0.39 is 0 Å². The van der Waals surface area contributed by atoms with Gasteiger partial charge in [-0.25, -0.2) is 0 Å². The SMILES string of the molecule is COCCOCCN=C1NC(C(C)C)CS1. The second-order valence-corrected chi connectivity index (χ2v) is 5.11. The molecule has 1 aliphatic heterocycles. The molecule has 94 valence electrons. The van der Waals surface area contributed by atoms with Gasteiger partial charge in [-0.15, -0.1) is 0 Å². The van der Waals surface area contributed by atoms with E-state index in [1.165, 1.54) is 0 Å². The van der Waals surface area contributed by atoms with Crippen molar-refractivity contribution in [3.8, 4) is 0 Å². The maximum atomic E-state index is 5.34. The third-order valence-electron chi connectivity index (χ3n) is 2.44. The van der Waals surface area contributed by atoms with Gasteiger partial charge in [0, 0.05) is 18.9 Å². The molecule has 0 saturated carbocycles. The molecule has 1 saturated heterocycles. The largest absolute Gasteiger partial charge is 0.382 e. The molecule has 0 radical (unpaired) electrons. The second-order valence-electron chi connectivity index (χ2n) is 4.10. The van der Waals surface area contributed by atoms with Gasteiger partial charge in [-0.05, 0) is 5.92 Å². The van der Waals surface area contributed by atoms with E-state index in [4.69, 9.17) is 9.47 Å². The summed E-state index contributed by atoms with van der Waals surface area (Å²) in [7, 11) is 1.68. The average Bonchev–Trinajstić information content (AvgIpc) is 2.72. The Kier molecular flexibility index (Phi) is 6.84. The number of thioether (sulfide) groups is 1. The first-order chi connectivity index (χ1) is 7.74. The summed E-state index contributed by atoms with van der Waals surface area (Å²) >= 11 is 1.81.